The molecule has 0 amide bonds. The van der Waals surface area contributed by atoms with E-state index < -0.39 is 0 Å². The summed E-state index contributed by atoms with van der Waals surface area (Å²) in [7, 11) is 1.92. The third-order valence-electron chi connectivity index (χ3n) is 6.45. The summed E-state index contributed by atoms with van der Waals surface area (Å²) < 4.78 is 12.7. The van der Waals surface area contributed by atoms with Crippen LogP contribution in [0, 0.1) is 0 Å². The Balaban J connectivity index is 1.67. The Bertz CT molecular complexity index is 633. The molecule has 3 fully saturated rings. The predicted molar refractivity (Wildman–Crippen MR) is 104 cm³/mol. The van der Waals surface area contributed by atoms with E-state index in [0.717, 1.165) is 32.1 Å². The van der Waals surface area contributed by atoms with Crippen molar-refractivity contribution in [2.75, 3.05) is 38.1 Å². The molecule has 4 nitrogen and oxygen atoms in total. The fourth-order valence-electron chi connectivity index (χ4n) is 3.72. The highest BCUT2D eigenvalue weighted by Crippen LogP contribution is 2.42. The van der Waals surface area contributed by atoms with Crippen molar-refractivity contribution in [1.82, 2.24) is 4.90 Å². The molecule has 4 rings (SSSR count). The first-order chi connectivity index (χ1) is 11.8. The first kappa shape index (κ1) is 17.4. The van der Waals surface area contributed by atoms with Gasteiger partial charge in [-0.15, -0.1) is 0 Å². The molecule has 136 valence electrons. The van der Waals surface area contributed by atoms with Crippen molar-refractivity contribution in [2.24, 2.45) is 0 Å². The largest absolute Gasteiger partial charge is 0.496 e. The van der Waals surface area contributed by atoms with Crippen molar-refractivity contribution in [1.29, 1.82) is 0 Å². The summed E-state index contributed by atoms with van der Waals surface area (Å²) in [4.78, 5) is 4.92. The van der Waals surface area contributed by atoms with E-state index in [0.29, 0.717) is 0 Å². The fourth-order valence-corrected chi connectivity index (χ4v) is 3.72. The van der Waals surface area contributed by atoms with Gasteiger partial charge in [0.25, 0.3) is 0 Å². The van der Waals surface area contributed by atoms with Gasteiger partial charge < -0.3 is 19.1 Å². The summed E-state index contributed by atoms with van der Waals surface area (Å²) in [6, 6.07) is 6.95. The van der Waals surface area contributed by atoms with Crippen LogP contribution in [0.5, 0.6) is 0 Å². The fraction of sp³-hybridized carbons (Fsp3) is 0.700. The molecule has 1 aromatic carbocycles. The molecular weight excluding hydrogens is 311 g/mol. The molecule has 2 heterocycles. The maximum absolute atomic E-state index is 6.36. The van der Waals surface area contributed by atoms with Crippen LogP contribution in [-0.4, -0.2) is 56.4 Å². The molecule has 25 heavy (non-hydrogen) atoms. The van der Waals surface area contributed by atoms with Gasteiger partial charge in [-0.2, -0.15) is 0 Å². The van der Waals surface area contributed by atoms with Gasteiger partial charge in [0.1, 0.15) is 0 Å². The maximum Gasteiger partial charge on any atom is 0.496 e. The van der Waals surface area contributed by atoms with Crippen LogP contribution in [0.25, 0.3) is 0 Å². The SMILES string of the molecule is CN1CCN(c2cc(C3CC3)ccc2B2OC(C)(C)C(C)(C)O2)CC1. The number of benzene rings is 1. The van der Waals surface area contributed by atoms with Crippen molar-refractivity contribution in [3.05, 3.63) is 23.8 Å². The maximum atomic E-state index is 6.36. The molecular formula is C20H31BN2O2. The van der Waals surface area contributed by atoms with Crippen molar-refractivity contribution in [3.8, 4) is 0 Å². The second-order valence-electron chi connectivity index (χ2n) is 8.97. The van der Waals surface area contributed by atoms with Gasteiger partial charge in [-0.25, -0.2) is 0 Å². The zero-order chi connectivity index (χ0) is 17.8. The Hall–Kier alpha value is -1.04. The molecule has 1 aliphatic carbocycles. The highest BCUT2D eigenvalue weighted by molar-refractivity contribution is 6.64. The Morgan fingerprint density at radius 1 is 0.960 bits per heavy atom. The van der Waals surface area contributed by atoms with Gasteiger partial charge in [-0.3, -0.25) is 0 Å². The van der Waals surface area contributed by atoms with E-state index in [1.807, 2.05) is 0 Å². The van der Waals surface area contributed by atoms with Gasteiger partial charge in [-0.05, 0) is 65.1 Å². The Morgan fingerprint density at radius 3 is 2.12 bits per heavy atom. The lowest BCUT2D eigenvalue weighted by Crippen LogP contribution is -2.48. The van der Waals surface area contributed by atoms with Gasteiger partial charge in [0.2, 0.25) is 0 Å². The van der Waals surface area contributed by atoms with Crippen LogP contribution < -0.4 is 10.4 Å². The quantitative estimate of drug-likeness (QED) is 0.789. The highest BCUT2D eigenvalue weighted by atomic mass is 16.7. The molecule has 0 spiro atoms. The Labute approximate surface area is 152 Å². The zero-order valence-electron chi connectivity index (χ0n) is 16.3. The molecule has 1 saturated carbocycles. The zero-order valence-corrected chi connectivity index (χ0v) is 16.3. The van der Waals surface area contributed by atoms with E-state index in [2.05, 4.69) is 62.7 Å². The first-order valence-electron chi connectivity index (χ1n) is 9.70. The monoisotopic (exact) mass is 342 g/mol. The number of hydrogen-bond donors (Lipinski definition) is 0. The van der Waals surface area contributed by atoms with Crippen LogP contribution in [0.15, 0.2) is 18.2 Å². The minimum absolute atomic E-state index is 0.284. The highest BCUT2D eigenvalue weighted by Gasteiger charge is 2.52. The van der Waals surface area contributed by atoms with Crippen molar-refractivity contribution < 1.29 is 9.31 Å². The number of nitrogens with zero attached hydrogens (tertiary/aromatic N) is 2. The van der Waals surface area contributed by atoms with E-state index in [1.54, 1.807) is 0 Å². The van der Waals surface area contributed by atoms with Crippen molar-refractivity contribution >= 4 is 18.3 Å². The molecule has 2 saturated heterocycles. The molecule has 0 unspecified atom stereocenters. The number of rotatable bonds is 3. The van der Waals surface area contributed by atoms with E-state index in [4.69, 9.17) is 9.31 Å². The number of piperazine rings is 1. The van der Waals surface area contributed by atoms with Gasteiger partial charge in [0.15, 0.2) is 0 Å². The van der Waals surface area contributed by atoms with Crippen molar-refractivity contribution in [2.45, 2.75) is 57.7 Å². The van der Waals surface area contributed by atoms with Gasteiger partial charge in [-0.1, -0.05) is 12.1 Å². The van der Waals surface area contributed by atoms with Crippen LogP contribution in [-0.2, 0) is 9.31 Å². The van der Waals surface area contributed by atoms with Crippen LogP contribution in [0.4, 0.5) is 5.69 Å². The average Bonchev–Trinajstić information content (AvgIpc) is 3.35. The summed E-state index contributed by atoms with van der Waals surface area (Å²) in [6.07, 6.45) is 2.66. The van der Waals surface area contributed by atoms with Crippen LogP contribution in [0.2, 0.25) is 0 Å². The minimum atomic E-state index is -0.299. The third-order valence-corrected chi connectivity index (χ3v) is 6.45. The standard InChI is InChI=1S/C20H31BN2O2/c1-19(2)20(3,4)25-21(24-19)17-9-8-16(15-6-7-15)14-18(17)23-12-10-22(5)11-13-23/h8-9,14-15H,6-7,10-13H2,1-5H3. The summed E-state index contributed by atoms with van der Waals surface area (Å²) >= 11 is 0. The molecule has 0 radical (unpaired) electrons. The van der Waals surface area contributed by atoms with Crippen LogP contribution in [0.3, 0.4) is 0 Å². The summed E-state index contributed by atoms with van der Waals surface area (Å²) in [5.41, 5.74) is 3.39. The third kappa shape index (κ3) is 3.22. The molecule has 0 bridgehead atoms. The molecule has 2 aliphatic heterocycles. The van der Waals surface area contributed by atoms with E-state index >= 15 is 0 Å². The Kier molecular flexibility index (Phi) is 4.17. The molecule has 0 atom stereocenters. The van der Waals surface area contributed by atoms with Crippen LogP contribution in [0.1, 0.15) is 52.0 Å². The van der Waals surface area contributed by atoms with Gasteiger partial charge in [0, 0.05) is 37.3 Å². The van der Waals surface area contributed by atoms with E-state index in [9.17, 15) is 0 Å². The minimum Gasteiger partial charge on any atom is -0.399 e. The van der Waals surface area contributed by atoms with Gasteiger partial charge >= 0.3 is 7.12 Å². The predicted octanol–water partition coefficient (Wildman–Crippen LogP) is 2.62. The second kappa shape index (κ2) is 6.00. The smallest absolute Gasteiger partial charge is 0.399 e. The van der Waals surface area contributed by atoms with Crippen molar-refractivity contribution in [3.63, 3.8) is 0 Å². The van der Waals surface area contributed by atoms with Gasteiger partial charge in [0.05, 0.1) is 11.2 Å². The summed E-state index contributed by atoms with van der Waals surface area (Å²) in [6.45, 7) is 12.9. The average molecular weight is 342 g/mol. The molecule has 5 heteroatoms. The lowest BCUT2D eigenvalue weighted by molar-refractivity contribution is 0.00578. The summed E-state index contributed by atoms with van der Waals surface area (Å²) in [5.74, 6) is 0.763. The number of anilines is 1. The molecule has 0 aromatic heterocycles. The first-order valence-corrected chi connectivity index (χ1v) is 9.70. The summed E-state index contributed by atoms with van der Waals surface area (Å²) in [5, 5.41) is 0. The lowest BCUT2D eigenvalue weighted by atomic mass is 9.76. The lowest BCUT2D eigenvalue weighted by Gasteiger charge is -2.35. The second-order valence-corrected chi connectivity index (χ2v) is 8.97. The molecule has 1 aromatic rings. The number of likely N-dealkylation sites (N-methyl/N-ethyl adjacent to an activating group) is 1. The van der Waals surface area contributed by atoms with E-state index in [-0.39, 0.29) is 18.3 Å². The number of hydrogen-bond acceptors (Lipinski definition) is 4. The van der Waals surface area contributed by atoms with Crippen LogP contribution >= 0.6 is 0 Å². The normalized spacial score (nSPS) is 26.3. The molecule has 3 aliphatic rings. The molecule has 0 N–H and O–H groups in total. The van der Waals surface area contributed by atoms with E-state index in [1.165, 1.54) is 29.6 Å². The Morgan fingerprint density at radius 2 is 1.56 bits per heavy atom. The topological polar surface area (TPSA) is 24.9 Å².